The Morgan fingerprint density at radius 2 is 1.50 bits per heavy atom. The van der Waals surface area contributed by atoms with Crippen LogP contribution in [0.3, 0.4) is 0 Å². The number of furan rings is 1. The number of aromatic nitrogens is 3. The minimum atomic E-state index is -0.123. The molecule has 0 amide bonds. The molecule has 6 heteroatoms. The number of para-hydroxylation sites is 1. The molecule has 0 unspecified atom stereocenters. The molecule has 0 N–H and O–H groups in total. The number of pyridine rings is 1. The van der Waals surface area contributed by atoms with Crippen LogP contribution in [-0.2, 0) is 31.9 Å². The van der Waals surface area contributed by atoms with Crippen molar-refractivity contribution in [2.75, 3.05) is 0 Å². The maximum absolute atomic E-state index is 6.59. The Hall–Kier alpha value is -4.83. The van der Waals surface area contributed by atoms with E-state index >= 15 is 0 Å². The maximum atomic E-state index is 6.59. The second-order valence-electron chi connectivity index (χ2n) is 15.8. The van der Waals surface area contributed by atoms with E-state index in [9.17, 15) is 0 Å². The van der Waals surface area contributed by atoms with E-state index in [1.54, 1.807) is 11.3 Å². The SMILES string of the molecule is CC(C)(C)c1[c-]c2c3c(c1)oc1ccc4scc(c4c13)n1c3cccc(-c4[c-]c(-c5cc(-c6ccccc6)ccn5)cc(C(C)(C)C)c4)c3nc21.[Pt+2]. The molecule has 5 aromatic heterocycles. The summed E-state index contributed by atoms with van der Waals surface area (Å²) in [6, 6.07) is 39.9. The molecule has 0 fully saturated rings. The van der Waals surface area contributed by atoms with E-state index in [2.05, 4.69) is 148 Å². The molecule has 10 aromatic rings. The average molecular weight is 873 g/mol. The Bertz CT molecular complexity index is 2990. The largest absolute Gasteiger partial charge is 2.00 e. The van der Waals surface area contributed by atoms with Crippen LogP contribution in [0.5, 0.6) is 0 Å². The monoisotopic (exact) mass is 872 g/mol. The Labute approximate surface area is 320 Å². The first-order valence-electron chi connectivity index (χ1n) is 17.5. The molecular formula is C46H35N3OPtS. The molecule has 0 spiro atoms. The van der Waals surface area contributed by atoms with Gasteiger partial charge in [-0.15, -0.1) is 52.3 Å². The normalized spacial score (nSPS) is 12.7. The van der Waals surface area contributed by atoms with Gasteiger partial charge in [-0.3, -0.25) is 9.97 Å². The van der Waals surface area contributed by atoms with Gasteiger partial charge in [-0.25, -0.2) is 0 Å². The van der Waals surface area contributed by atoms with E-state index in [1.165, 1.54) is 15.6 Å². The minimum absolute atomic E-state index is 0. The molecule has 5 heterocycles. The van der Waals surface area contributed by atoms with Crippen molar-refractivity contribution in [2.45, 2.75) is 52.4 Å². The number of hydrogen-bond acceptors (Lipinski definition) is 4. The summed E-state index contributed by atoms with van der Waals surface area (Å²) in [5.41, 5.74) is 14.1. The summed E-state index contributed by atoms with van der Waals surface area (Å²) >= 11 is 1.77. The zero-order valence-electron chi connectivity index (χ0n) is 29.8. The van der Waals surface area contributed by atoms with Crippen LogP contribution < -0.4 is 0 Å². The first kappa shape index (κ1) is 33.0. The quantitative estimate of drug-likeness (QED) is 0.166. The first-order valence-corrected chi connectivity index (χ1v) is 18.4. The van der Waals surface area contributed by atoms with Gasteiger partial charge in [0.25, 0.3) is 0 Å². The molecule has 10 rings (SSSR count). The number of benzene rings is 5. The van der Waals surface area contributed by atoms with Gasteiger partial charge in [0.1, 0.15) is 5.58 Å². The smallest absolute Gasteiger partial charge is 0.476 e. The Balaban J connectivity index is 0.00000360. The molecular weight excluding hydrogens is 838 g/mol. The van der Waals surface area contributed by atoms with E-state index in [4.69, 9.17) is 14.4 Å². The maximum Gasteiger partial charge on any atom is 2.00 e. The number of rotatable bonds is 3. The predicted octanol–water partition coefficient (Wildman–Crippen LogP) is 12.8. The summed E-state index contributed by atoms with van der Waals surface area (Å²) in [5.74, 6) is 0. The molecule has 0 atom stereocenters. The zero-order chi connectivity index (χ0) is 34.8. The zero-order valence-corrected chi connectivity index (χ0v) is 32.9. The molecule has 256 valence electrons. The first-order chi connectivity index (χ1) is 24.5. The van der Waals surface area contributed by atoms with E-state index < -0.39 is 0 Å². The van der Waals surface area contributed by atoms with Crippen molar-refractivity contribution in [2.24, 2.45) is 0 Å². The molecule has 0 saturated carbocycles. The van der Waals surface area contributed by atoms with Gasteiger partial charge in [0.2, 0.25) is 0 Å². The van der Waals surface area contributed by atoms with Crippen LogP contribution in [-0.4, -0.2) is 14.4 Å². The third-order valence-corrected chi connectivity index (χ3v) is 11.2. The fourth-order valence-corrected chi connectivity index (χ4v) is 8.51. The second kappa shape index (κ2) is 11.6. The van der Waals surface area contributed by atoms with Gasteiger partial charge in [-0.2, -0.15) is 0 Å². The Morgan fingerprint density at radius 3 is 2.29 bits per heavy atom. The summed E-state index contributed by atoms with van der Waals surface area (Å²) in [4.78, 5) is 10.4. The van der Waals surface area contributed by atoms with Crippen LogP contribution in [0, 0.1) is 12.1 Å². The van der Waals surface area contributed by atoms with Crippen molar-refractivity contribution in [3.63, 3.8) is 0 Å². The molecule has 0 bridgehead atoms. The fourth-order valence-electron chi connectivity index (χ4n) is 7.57. The van der Waals surface area contributed by atoms with Gasteiger partial charge in [0.15, 0.2) is 0 Å². The number of fused-ring (bicyclic) bond motifs is 5. The molecule has 52 heavy (non-hydrogen) atoms. The van der Waals surface area contributed by atoms with E-state index in [-0.39, 0.29) is 31.9 Å². The number of hydrogen-bond donors (Lipinski definition) is 0. The average Bonchev–Trinajstić information content (AvgIpc) is 3.81. The minimum Gasteiger partial charge on any atom is -0.476 e. The van der Waals surface area contributed by atoms with E-state index in [1.807, 2.05) is 12.3 Å². The molecule has 0 radical (unpaired) electrons. The van der Waals surface area contributed by atoms with Crippen LogP contribution in [0.2, 0.25) is 0 Å². The van der Waals surface area contributed by atoms with E-state index in [0.717, 1.165) is 88.6 Å². The van der Waals surface area contributed by atoms with Crippen LogP contribution in [0.25, 0.3) is 93.1 Å². The third kappa shape index (κ3) is 4.97. The molecule has 0 aliphatic carbocycles. The topological polar surface area (TPSA) is 43.3 Å². The third-order valence-electron chi connectivity index (χ3n) is 10.3. The van der Waals surface area contributed by atoms with Gasteiger partial charge in [0, 0.05) is 27.4 Å². The van der Waals surface area contributed by atoms with Crippen molar-refractivity contribution in [3.05, 3.63) is 126 Å². The fraction of sp³-hybridized carbons (Fsp3) is 0.174. The molecule has 0 saturated heterocycles. The standard InChI is InChI=1S/C46H35N3OS.Pt/c1-45(2,3)30-20-28(19-29(21-30)34-22-27(17-18-47-34)26-11-8-7-9-12-26)32-13-10-14-35-43(32)48-44-33-23-31(46(4,5)6)24-38-40(33)42-37(50-38)15-16-39-41(42)36(25-51-39)49(35)44;/h7-18,20-22,24-25H,1-6H3;/q-2;+2. The number of nitrogens with zero attached hydrogens (tertiary/aromatic N) is 3. The second-order valence-corrected chi connectivity index (χ2v) is 16.7. The van der Waals surface area contributed by atoms with Crippen molar-refractivity contribution in [1.29, 1.82) is 0 Å². The van der Waals surface area contributed by atoms with Crippen LogP contribution in [0.1, 0.15) is 52.7 Å². The van der Waals surface area contributed by atoms with Gasteiger partial charge >= 0.3 is 21.1 Å². The molecule has 0 aliphatic heterocycles. The van der Waals surface area contributed by atoms with Gasteiger partial charge < -0.3 is 8.82 Å². The van der Waals surface area contributed by atoms with Gasteiger partial charge in [-0.05, 0) is 51.6 Å². The summed E-state index contributed by atoms with van der Waals surface area (Å²) < 4.78 is 10.2. The molecule has 0 aliphatic rings. The van der Waals surface area contributed by atoms with Crippen molar-refractivity contribution >= 4 is 70.9 Å². The van der Waals surface area contributed by atoms with Crippen LogP contribution in [0.15, 0.2) is 107 Å². The summed E-state index contributed by atoms with van der Waals surface area (Å²) in [6.45, 7) is 13.5. The van der Waals surface area contributed by atoms with Crippen molar-refractivity contribution in [3.8, 4) is 33.5 Å². The Kier molecular flexibility index (Phi) is 7.36. The van der Waals surface area contributed by atoms with Crippen LogP contribution in [0.4, 0.5) is 0 Å². The number of imidazole rings is 1. The predicted molar refractivity (Wildman–Crippen MR) is 213 cm³/mol. The van der Waals surface area contributed by atoms with Crippen LogP contribution >= 0.6 is 11.3 Å². The molecule has 4 nitrogen and oxygen atoms in total. The summed E-state index contributed by atoms with van der Waals surface area (Å²) in [5, 5.41) is 6.72. The summed E-state index contributed by atoms with van der Waals surface area (Å²) in [7, 11) is 0. The summed E-state index contributed by atoms with van der Waals surface area (Å²) in [6.07, 6.45) is 1.90. The molecule has 5 aromatic carbocycles. The van der Waals surface area contributed by atoms with E-state index in [0.29, 0.717) is 0 Å². The van der Waals surface area contributed by atoms with Crippen molar-refractivity contribution in [1.82, 2.24) is 14.4 Å². The van der Waals surface area contributed by atoms with Crippen molar-refractivity contribution < 1.29 is 25.5 Å². The van der Waals surface area contributed by atoms with Gasteiger partial charge in [-0.1, -0.05) is 118 Å². The van der Waals surface area contributed by atoms with Gasteiger partial charge in [0.05, 0.1) is 27.8 Å². The number of thiophene rings is 1. The Morgan fingerprint density at radius 1 is 0.692 bits per heavy atom.